The molecular formula is C16H23N3O3. The molecule has 1 rings (SSSR count). The van der Waals surface area contributed by atoms with E-state index in [1.165, 1.54) is 7.05 Å². The summed E-state index contributed by atoms with van der Waals surface area (Å²) in [7, 11) is 1.42. The van der Waals surface area contributed by atoms with Crippen LogP contribution < -0.4 is 10.6 Å². The minimum absolute atomic E-state index is 0.0121. The van der Waals surface area contributed by atoms with Gasteiger partial charge in [0.2, 0.25) is 5.91 Å². The number of benzene rings is 1. The molecule has 0 atom stereocenters. The van der Waals surface area contributed by atoms with Crippen molar-refractivity contribution in [2.75, 3.05) is 18.9 Å². The number of amides is 3. The maximum Gasteiger partial charge on any atom is 0.313 e. The first-order chi connectivity index (χ1) is 10.3. The third-order valence-electron chi connectivity index (χ3n) is 2.99. The average molecular weight is 305 g/mol. The van der Waals surface area contributed by atoms with Crippen LogP contribution >= 0.6 is 0 Å². The van der Waals surface area contributed by atoms with Gasteiger partial charge in [-0.15, -0.1) is 0 Å². The topological polar surface area (TPSA) is 78.5 Å². The summed E-state index contributed by atoms with van der Waals surface area (Å²) in [6.07, 6.45) is 0.904. The second-order valence-electron chi connectivity index (χ2n) is 5.39. The monoisotopic (exact) mass is 305 g/mol. The molecule has 6 heteroatoms. The Morgan fingerprint density at radius 2 is 1.73 bits per heavy atom. The van der Waals surface area contributed by atoms with Gasteiger partial charge in [0.05, 0.1) is 6.54 Å². The second kappa shape index (κ2) is 8.17. The molecular weight excluding hydrogens is 282 g/mol. The van der Waals surface area contributed by atoms with E-state index in [1.54, 1.807) is 12.1 Å². The van der Waals surface area contributed by atoms with Gasteiger partial charge in [-0.25, -0.2) is 0 Å². The van der Waals surface area contributed by atoms with Crippen molar-refractivity contribution in [3.05, 3.63) is 29.8 Å². The number of rotatable bonds is 5. The normalized spacial score (nSPS) is 10.2. The summed E-state index contributed by atoms with van der Waals surface area (Å²) >= 11 is 0. The summed E-state index contributed by atoms with van der Waals surface area (Å²) in [5.74, 6) is -1.81. The highest BCUT2D eigenvalue weighted by molar-refractivity contribution is 6.39. The van der Waals surface area contributed by atoms with Gasteiger partial charge in [-0.3, -0.25) is 14.4 Å². The van der Waals surface area contributed by atoms with Gasteiger partial charge in [0.1, 0.15) is 0 Å². The number of hydrogen-bond acceptors (Lipinski definition) is 3. The molecule has 0 saturated carbocycles. The van der Waals surface area contributed by atoms with E-state index in [0.717, 1.165) is 16.9 Å². The summed E-state index contributed by atoms with van der Waals surface area (Å²) in [6.45, 7) is 5.53. The van der Waals surface area contributed by atoms with Gasteiger partial charge in [0.25, 0.3) is 0 Å². The number of anilines is 1. The molecule has 6 nitrogen and oxygen atoms in total. The van der Waals surface area contributed by atoms with Crippen LogP contribution in [0.5, 0.6) is 0 Å². The van der Waals surface area contributed by atoms with Crippen LogP contribution in [0.25, 0.3) is 0 Å². The fourth-order valence-electron chi connectivity index (χ4n) is 1.84. The summed E-state index contributed by atoms with van der Waals surface area (Å²) < 4.78 is 0. The molecule has 0 aromatic heterocycles. The minimum atomic E-state index is -0.760. The van der Waals surface area contributed by atoms with Crippen molar-refractivity contribution >= 4 is 23.4 Å². The number of nitrogens with one attached hydrogen (secondary N) is 2. The average Bonchev–Trinajstić information content (AvgIpc) is 2.46. The molecule has 0 saturated heterocycles. The standard InChI is InChI=1S/C16H23N3O3/c1-5-12-6-8-13(9-7-12)18-15(21)16(22)19(4)10-14(20)17-11(2)3/h6-9,11H,5,10H2,1-4H3,(H,17,20)(H,18,21). The highest BCUT2D eigenvalue weighted by atomic mass is 16.2. The zero-order valence-corrected chi connectivity index (χ0v) is 13.5. The fourth-order valence-corrected chi connectivity index (χ4v) is 1.84. The van der Waals surface area contributed by atoms with Crippen LogP contribution in [-0.2, 0) is 20.8 Å². The lowest BCUT2D eigenvalue weighted by Gasteiger charge is -2.17. The van der Waals surface area contributed by atoms with E-state index in [4.69, 9.17) is 0 Å². The predicted octanol–water partition coefficient (Wildman–Crippen LogP) is 1.17. The number of nitrogens with zero attached hydrogens (tertiary/aromatic N) is 1. The fraction of sp³-hybridized carbons (Fsp3) is 0.438. The zero-order valence-electron chi connectivity index (χ0n) is 13.5. The summed E-state index contributed by atoms with van der Waals surface area (Å²) in [5.41, 5.74) is 1.70. The third kappa shape index (κ3) is 5.55. The molecule has 0 fully saturated rings. The van der Waals surface area contributed by atoms with Gasteiger partial charge in [-0.1, -0.05) is 19.1 Å². The number of aryl methyl sites for hydroxylation is 1. The predicted molar refractivity (Wildman–Crippen MR) is 85.4 cm³/mol. The molecule has 0 heterocycles. The Hall–Kier alpha value is -2.37. The molecule has 0 bridgehead atoms. The van der Waals surface area contributed by atoms with Crippen molar-refractivity contribution in [1.82, 2.24) is 10.2 Å². The van der Waals surface area contributed by atoms with Crippen LogP contribution in [0.4, 0.5) is 5.69 Å². The number of carbonyl (C=O) groups is 3. The third-order valence-corrected chi connectivity index (χ3v) is 2.99. The van der Waals surface area contributed by atoms with Crippen molar-refractivity contribution in [2.45, 2.75) is 33.2 Å². The molecule has 0 aliphatic carbocycles. The highest BCUT2D eigenvalue weighted by Gasteiger charge is 2.20. The van der Waals surface area contributed by atoms with E-state index in [1.807, 2.05) is 32.9 Å². The minimum Gasteiger partial charge on any atom is -0.352 e. The maximum absolute atomic E-state index is 11.9. The van der Waals surface area contributed by atoms with Crippen molar-refractivity contribution in [2.24, 2.45) is 0 Å². The van der Waals surface area contributed by atoms with Gasteiger partial charge < -0.3 is 15.5 Å². The van der Waals surface area contributed by atoms with Gasteiger partial charge in [-0.2, -0.15) is 0 Å². The molecule has 3 amide bonds. The van der Waals surface area contributed by atoms with Crippen LogP contribution in [-0.4, -0.2) is 42.3 Å². The Kier molecular flexibility index (Phi) is 6.56. The Bertz CT molecular complexity index is 538. The number of likely N-dealkylation sites (N-methyl/N-ethyl adjacent to an activating group) is 1. The van der Waals surface area contributed by atoms with Crippen LogP contribution in [0.2, 0.25) is 0 Å². The van der Waals surface area contributed by atoms with Crippen molar-refractivity contribution in [1.29, 1.82) is 0 Å². The Labute approximate surface area is 130 Å². The largest absolute Gasteiger partial charge is 0.352 e. The van der Waals surface area contributed by atoms with E-state index in [0.29, 0.717) is 5.69 Å². The Morgan fingerprint density at radius 3 is 2.23 bits per heavy atom. The molecule has 22 heavy (non-hydrogen) atoms. The zero-order chi connectivity index (χ0) is 16.7. The van der Waals surface area contributed by atoms with E-state index in [9.17, 15) is 14.4 Å². The van der Waals surface area contributed by atoms with Gasteiger partial charge in [0.15, 0.2) is 0 Å². The summed E-state index contributed by atoms with van der Waals surface area (Å²) in [6, 6.07) is 7.26. The highest BCUT2D eigenvalue weighted by Crippen LogP contribution is 2.10. The van der Waals surface area contributed by atoms with Gasteiger partial charge in [0, 0.05) is 18.8 Å². The number of carbonyl (C=O) groups excluding carboxylic acids is 3. The van der Waals surface area contributed by atoms with E-state index < -0.39 is 11.8 Å². The lowest BCUT2D eigenvalue weighted by molar-refractivity contribution is -0.143. The first kappa shape index (κ1) is 17.7. The van der Waals surface area contributed by atoms with Crippen molar-refractivity contribution in [3.8, 4) is 0 Å². The molecule has 1 aromatic rings. The van der Waals surface area contributed by atoms with Crippen molar-refractivity contribution in [3.63, 3.8) is 0 Å². The second-order valence-corrected chi connectivity index (χ2v) is 5.39. The molecule has 0 spiro atoms. The summed E-state index contributed by atoms with van der Waals surface area (Å²) in [4.78, 5) is 36.5. The molecule has 0 radical (unpaired) electrons. The maximum atomic E-state index is 11.9. The lowest BCUT2D eigenvalue weighted by Crippen LogP contribution is -2.44. The molecule has 0 aliphatic rings. The molecule has 1 aromatic carbocycles. The first-order valence-corrected chi connectivity index (χ1v) is 7.28. The Balaban J connectivity index is 2.56. The van der Waals surface area contributed by atoms with E-state index >= 15 is 0 Å². The van der Waals surface area contributed by atoms with E-state index in [-0.39, 0.29) is 18.5 Å². The first-order valence-electron chi connectivity index (χ1n) is 7.28. The molecule has 0 unspecified atom stereocenters. The summed E-state index contributed by atoms with van der Waals surface area (Å²) in [5, 5.41) is 5.19. The lowest BCUT2D eigenvalue weighted by atomic mass is 10.1. The SMILES string of the molecule is CCc1ccc(NC(=O)C(=O)N(C)CC(=O)NC(C)C)cc1. The number of hydrogen-bond donors (Lipinski definition) is 2. The van der Waals surface area contributed by atoms with Crippen LogP contribution in [0.3, 0.4) is 0 Å². The van der Waals surface area contributed by atoms with E-state index in [2.05, 4.69) is 10.6 Å². The van der Waals surface area contributed by atoms with Crippen molar-refractivity contribution < 1.29 is 14.4 Å². The van der Waals surface area contributed by atoms with Gasteiger partial charge in [-0.05, 0) is 38.0 Å². The quantitative estimate of drug-likeness (QED) is 0.802. The van der Waals surface area contributed by atoms with Gasteiger partial charge >= 0.3 is 11.8 Å². The van der Waals surface area contributed by atoms with Crippen LogP contribution in [0.15, 0.2) is 24.3 Å². The van der Waals surface area contributed by atoms with Crippen LogP contribution in [0.1, 0.15) is 26.3 Å². The van der Waals surface area contributed by atoms with Crippen LogP contribution in [0, 0.1) is 0 Å². The molecule has 2 N–H and O–H groups in total. The molecule has 0 aliphatic heterocycles. The Morgan fingerprint density at radius 1 is 1.14 bits per heavy atom. The molecule has 120 valence electrons. The smallest absolute Gasteiger partial charge is 0.313 e.